The molecule has 0 fully saturated rings. The fourth-order valence-corrected chi connectivity index (χ4v) is 3.66. The Kier molecular flexibility index (Phi) is 9.43. The highest BCUT2D eigenvalue weighted by atomic mass is 19.1. The van der Waals surface area contributed by atoms with Crippen molar-refractivity contribution in [2.75, 3.05) is 32.1 Å². The molecule has 1 heterocycles. The molecule has 2 aromatic carbocycles. The van der Waals surface area contributed by atoms with Crippen LogP contribution in [0.2, 0.25) is 0 Å². The summed E-state index contributed by atoms with van der Waals surface area (Å²) in [6, 6.07) is 16.8. The molecule has 0 atom stereocenters. The molecule has 0 spiro atoms. The maximum Gasteiger partial charge on any atom is 0.322 e. The predicted molar refractivity (Wildman–Crippen MR) is 132 cm³/mol. The third-order valence-electron chi connectivity index (χ3n) is 5.60. The third-order valence-corrected chi connectivity index (χ3v) is 5.60. The van der Waals surface area contributed by atoms with Gasteiger partial charge in [0, 0.05) is 25.9 Å². The predicted octanol–water partition coefficient (Wildman–Crippen LogP) is 5.00. The van der Waals surface area contributed by atoms with Crippen LogP contribution in [-0.4, -0.2) is 48.5 Å². The van der Waals surface area contributed by atoms with Gasteiger partial charge in [0.15, 0.2) is 0 Å². The largest absolute Gasteiger partial charge is 0.464 e. The van der Waals surface area contributed by atoms with Crippen molar-refractivity contribution in [3.63, 3.8) is 0 Å². The highest BCUT2D eigenvalue weighted by molar-refractivity contribution is 5.93. The molecule has 7 nitrogen and oxygen atoms in total. The first-order chi connectivity index (χ1) is 16.9. The van der Waals surface area contributed by atoms with Crippen LogP contribution in [0.15, 0.2) is 65.1 Å². The Morgan fingerprint density at radius 3 is 2.40 bits per heavy atom. The van der Waals surface area contributed by atoms with Crippen LogP contribution in [0, 0.1) is 12.7 Å². The fraction of sp³-hybridized carbons (Fsp3) is 0.333. The SMILES string of the molecule is CCc1ccccc1NC(=O)N(CCOC)CC(=O)N(Cc1ccc(F)cc1)Cc1ccc(C)o1. The van der Waals surface area contributed by atoms with Gasteiger partial charge in [-0.2, -0.15) is 0 Å². The number of aryl methyl sites for hydroxylation is 2. The highest BCUT2D eigenvalue weighted by Gasteiger charge is 2.23. The van der Waals surface area contributed by atoms with Gasteiger partial charge in [-0.1, -0.05) is 37.3 Å². The standard InChI is InChI=1S/C27H32FN3O4/c1-4-22-7-5-6-8-25(22)29-27(33)30(15-16-34-3)19-26(32)31(18-24-14-9-20(2)35-24)17-21-10-12-23(28)13-11-21/h5-14H,4,15-19H2,1-3H3,(H,29,33). The van der Waals surface area contributed by atoms with E-state index in [9.17, 15) is 14.0 Å². The number of furan rings is 1. The number of nitrogens with zero attached hydrogens (tertiary/aromatic N) is 2. The van der Waals surface area contributed by atoms with E-state index in [0.717, 1.165) is 23.3 Å². The number of amides is 3. The number of anilines is 1. The minimum Gasteiger partial charge on any atom is -0.464 e. The van der Waals surface area contributed by atoms with E-state index in [1.807, 2.05) is 50.2 Å². The van der Waals surface area contributed by atoms with Crippen LogP contribution >= 0.6 is 0 Å². The van der Waals surface area contributed by atoms with E-state index in [4.69, 9.17) is 9.15 Å². The molecule has 1 aromatic heterocycles. The topological polar surface area (TPSA) is 75.0 Å². The first kappa shape index (κ1) is 26.0. The number of hydrogen-bond acceptors (Lipinski definition) is 4. The molecule has 35 heavy (non-hydrogen) atoms. The number of carbonyl (C=O) groups excluding carboxylic acids is 2. The smallest absolute Gasteiger partial charge is 0.322 e. The molecule has 0 radical (unpaired) electrons. The Morgan fingerprint density at radius 2 is 1.74 bits per heavy atom. The zero-order valence-electron chi connectivity index (χ0n) is 20.4. The summed E-state index contributed by atoms with van der Waals surface area (Å²) in [5, 5.41) is 2.92. The van der Waals surface area contributed by atoms with Gasteiger partial charge >= 0.3 is 6.03 Å². The average Bonchev–Trinajstić information content (AvgIpc) is 3.27. The summed E-state index contributed by atoms with van der Waals surface area (Å²) in [6.07, 6.45) is 0.765. The molecule has 0 unspecified atom stereocenters. The molecule has 3 aromatic rings. The first-order valence-corrected chi connectivity index (χ1v) is 11.6. The lowest BCUT2D eigenvalue weighted by atomic mass is 10.1. The molecule has 3 rings (SSSR count). The average molecular weight is 482 g/mol. The van der Waals surface area contributed by atoms with Gasteiger partial charge in [-0.3, -0.25) is 4.79 Å². The van der Waals surface area contributed by atoms with Gasteiger partial charge in [0.2, 0.25) is 5.91 Å². The molecular formula is C27H32FN3O4. The van der Waals surface area contributed by atoms with Crippen molar-refractivity contribution in [3.8, 4) is 0 Å². The molecule has 1 N–H and O–H groups in total. The number of nitrogens with one attached hydrogen (secondary N) is 1. The summed E-state index contributed by atoms with van der Waals surface area (Å²) in [5.41, 5.74) is 2.49. The molecule has 8 heteroatoms. The second kappa shape index (κ2) is 12.7. The second-order valence-electron chi connectivity index (χ2n) is 8.24. The van der Waals surface area contributed by atoms with E-state index >= 15 is 0 Å². The number of ether oxygens (including phenoxy) is 1. The monoisotopic (exact) mass is 481 g/mol. The molecule has 186 valence electrons. The molecule has 0 bridgehead atoms. The first-order valence-electron chi connectivity index (χ1n) is 11.6. The maximum atomic E-state index is 13.4. The van der Waals surface area contributed by atoms with Crippen LogP contribution in [0.3, 0.4) is 0 Å². The van der Waals surface area contributed by atoms with E-state index in [0.29, 0.717) is 11.4 Å². The Hall–Kier alpha value is -3.65. The lowest BCUT2D eigenvalue weighted by molar-refractivity contribution is -0.133. The van der Waals surface area contributed by atoms with Gasteiger partial charge in [0.25, 0.3) is 0 Å². The van der Waals surface area contributed by atoms with Crippen molar-refractivity contribution in [1.82, 2.24) is 9.80 Å². The van der Waals surface area contributed by atoms with Crippen molar-refractivity contribution >= 4 is 17.6 Å². The number of urea groups is 1. The summed E-state index contributed by atoms with van der Waals surface area (Å²) in [4.78, 5) is 29.6. The molecular weight excluding hydrogens is 449 g/mol. The summed E-state index contributed by atoms with van der Waals surface area (Å²) in [7, 11) is 1.55. The highest BCUT2D eigenvalue weighted by Crippen LogP contribution is 2.17. The Labute approximate surface area is 205 Å². The fourth-order valence-electron chi connectivity index (χ4n) is 3.66. The Balaban J connectivity index is 1.78. The summed E-state index contributed by atoms with van der Waals surface area (Å²) < 4.78 is 24.2. The minimum absolute atomic E-state index is 0.148. The maximum absolute atomic E-state index is 13.4. The van der Waals surface area contributed by atoms with E-state index in [1.54, 1.807) is 24.1 Å². The summed E-state index contributed by atoms with van der Waals surface area (Å²) in [5.74, 6) is 0.758. The van der Waals surface area contributed by atoms with Gasteiger partial charge < -0.3 is 24.3 Å². The van der Waals surface area contributed by atoms with Gasteiger partial charge in [-0.05, 0) is 54.8 Å². The molecule has 0 aliphatic carbocycles. The minimum atomic E-state index is -0.383. The van der Waals surface area contributed by atoms with E-state index in [2.05, 4.69) is 5.32 Å². The summed E-state index contributed by atoms with van der Waals surface area (Å²) >= 11 is 0. The van der Waals surface area contributed by atoms with Crippen molar-refractivity contribution in [2.45, 2.75) is 33.4 Å². The van der Waals surface area contributed by atoms with E-state index < -0.39 is 0 Å². The quantitative estimate of drug-likeness (QED) is 0.418. The number of methoxy groups -OCH3 is 1. The van der Waals surface area contributed by atoms with E-state index in [1.165, 1.54) is 17.0 Å². The second-order valence-corrected chi connectivity index (χ2v) is 8.24. The number of benzene rings is 2. The number of rotatable bonds is 11. The van der Waals surface area contributed by atoms with Crippen molar-refractivity contribution in [1.29, 1.82) is 0 Å². The summed E-state index contributed by atoms with van der Waals surface area (Å²) in [6.45, 7) is 4.70. The van der Waals surface area contributed by atoms with Crippen LogP contribution in [0.25, 0.3) is 0 Å². The van der Waals surface area contributed by atoms with Crippen LogP contribution in [0.5, 0.6) is 0 Å². The number of para-hydroxylation sites is 1. The lowest BCUT2D eigenvalue weighted by Gasteiger charge is -2.27. The number of hydrogen-bond donors (Lipinski definition) is 1. The zero-order chi connectivity index (χ0) is 25.2. The van der Waals surface area contributed by atoms with Crippen LogP contribution < -0.4 is 5.32 Å². The van der Waals surface area contributed by atoms with Gasteiger partial charge in [0.1, 0.15) is 23.9 Å². The van der Waals surface area contributed by atoms with Crippen molar-refractivity contribution in [3.05, 3.63) is 89.1 Å². The lowest BCUT2D eigenvalue weighted by Crippen LogP contribution is -2.45. The van der Waals surface area contributed by atoms with Crippen LogP contribution in [0.1, 0.15) is 29.6 Å². The Bertz CT molecular complexity index is 1110. The molecule has 0 aliphatic heterocycles. The molecule has 0 saturated heterocycles. The van der Waals surface area contributed by atoms with Gasteiger partial charge in [-0.25, -0.2) is 9.18 Å². The van der Waals surface area contributed by atoms with Crippen molar-refractivity contribution in [2.24, 2.45) is 0 Å². The van der Waals surface area contributed by atoms with Crippen LogP contribution in [0.4, 0.5) is 14.9 Å². The number of carbonyl (C=O) groups is 2. The van der Waals surface area contributed by atoms with Gasteiger partial charge in [-0.15, -0.1) is 0 Å². The number of halogens is 1. The third kappa shape index (κ3) is 7.68. The zero-order valence-corrected chi connectivity index (χ0v) is 20.4. The van der Waals surface area contributed by atoms with E-state index in [-0.39, 0.29) is 50.5 Å². The Morgan fingerprint density at radius 1 is 1.00 bits per heavy atom. The van der Waals surface area contributed by atoms with Crippen LogP contribution in [-0.2, 0) is 29.0 Å². The van der Waals surface area contributed by atoms with Crippen molar-refractivity contribution < 1.29 is 23.1 Å². The molecule has 0 aliphatic rings. The molecule has 3 amide bonds. The normalized spacial score (nSPS) is 10.7. The van der Waals surface area contributed by atoms with Gasteiger partial charge in [0.05, 0.1) is 13.2 Å². The molecule has 0 saturated carbocycles.